The van der Waals surface area contributed by atoms with Crippen LogP contribution in [0.25, 0.3) is 0 Å². The van der Waals surface area contributed by atoms with Crippen molar-refractivity contribution in [3.05, 3.63) is 54.1 Å². The number of hydrogen-bond donors (Lipinski definition) is 2. The summed E-state index contributed by atoms with van der Waals surface area (Å²) in [6, 6.07) is 8.97. The quantitative estimate of drug-likeness (QED) is 0.762. The molecule has 28 heavy (non-hydrogen) atoms. The van der Waals surface area contributed by atoms with Gasteiger partial charge in [0.15, 0.2) is 0 Å². The van der Waals surface area contributed by atoms with Crippen LogP contribution in [0.15, 0.2) is 42.7 Å². The van der Waals surface area contributed by atoms with Crippen LogP contribution < -0.4 is 10.6 Å². The predicted octanol–water partition coefficient (Wildman–Crippen LogP) is 1.24. The highest BCUT2D eigenvalue weighted by Gasteiger charge is 2.34. The number of nitrogens with zero attached hydrogens (tertiary/aromatic N) is 3. The van der Waals surface area contributed by atoms with E-state index in [1.807, 2.05) is 30.6 Å². The zero-order valence-electron chi connectivity index (χ0n) is 15.5. The summed E-state index contributed by atoms with van der Waals surface area (Å²) in [4.78, 5) is 41.6. The summed E-state index contributed by atoms with van der Waals surface area (Å²) in [5, 5.41) is 4.63. The van der Waals surface area contributed by atoms with Gasteiger partial charge in [-0.2, -0.15) is 0 Å². The van der Waals surface area contributed by atoms with E-state index < -0.39 is 18.0 Å². The SMILES string of the molecule is O=C1NC(=O)[C@@H](CC(=O)N2CCC(c3nccn3Cc3ccccc3)CC2)N1. The van der Waals surface area contributed by atoms with Gasteiger partial charge in [-0.25, -0.2) is 9.78 Å². The Morgan fingerprint density at radius 2 is 1.89 bits per heavy atom. The Morgan fingerprint density at radius 3 is 2.57 bits per heavy atom. The van der Waals surface area contributed by atoms with Crippen molar-refractivity contribution in [2.75, 3.05) is 13.1 Å². The number of carbonyl (C=O) groups excluding carboxylic acids is 3. The standard InChI is InChI=1S/C20H23N5O3/c26-17(12-16-19(27)23-20(28)22-16)24-9-6-15(7-10-24)18-21-8-11-25(18)13-14-4-2-1-3-5-14/h1-5,8,11,15-16H,6-7,9-10,12-13H2,(H2,22,23,27,28)/t16-/m1/s1. The molecular weight excluding hydrogens is 358 g/mol. The Hall–Kier alpha value is -3.16. The number of amides is 4. The normalized spacial score (nSPS) is 20.1. The van der Waals surface area contributed by atoms with Crippen LogP contribution in [0.3, 0.4) is 0 Å². The van der Waals surface area contributed by atoms with E-state index in [4.69, 9.17) is 0 Å². The maximum Gasteiger partial charge on any atom is 0.322 e. The zero-order chi connectivity index (χ0) is 19.5. The minimum atomic E-state index is -0.762. The summed E-state index contributed by atoms with van der Waals surface area (Å²) < 4.78 is 2.18. The highest BCUT2D eigenvalue weighted by molar-refractivity contribution is 6.05. The molecule has 0 aliphatic carbocycles. The van der Waals surface area contributed by atoms with E-state index in [2.05, 4.69) is 32.3 Å². The molecule has 8 heteroatoms. The Labute approximate surface area is 162 Å². The highest BCUT2D eigenvalue weighted by Crippen LogP contribution is 2.27. The maximum absolute atomic E-state index is 12.5. The molecule has 0 radical (unpaired) electrons. The third-order valence-electron chi connectivity index (χ3n) is 5.39. The lowest BCUT2D eigenvalue weighted by Gasteiger charge is -2.32. The van der Waals surface area contributed by atoms with Gasteiger partial charge in [-0.05, 0) is 18.4 Å². The fraction of sp³-hybridized carbons (Fsp3) is 0.400. The van der Waals surface area contributed by atoms with Gasteiger partial charge in [-0.3, -0.25) is 14.9 Å². The molecule has 2 aliphatic heterocycles. The average Bonchev–Trinajstić information content (AvgIpc) is 3.28. The van der Waals surface area contributed by atoms with E-state index in [1.165, 1.54) is 5.56 Å². The lowest BCUT2D eigenvalue weighted by atomic mass is 9.95. The average molecular weight is 381 g/mol. The molecule has 4 amide bonds. The number of hydrogen-bond acceptors (Lipinski definition) is 4. The van der Waals surface area contributed by atoms with Crippen LogP contribution in [0, 0.1) is 0 Å². The van der Waals surface area contributed by atoms with E-state index in [9.17, 15) is 14.4 Å². The number of benzene rings is 1. The summed E-state index contributed by atoms with van der Waals surface area (Å²) in [5.74, 6) is 0.820. The number of urea groups is 1. The number of aromatic nitrogens is 2. The minimum absolute atomic E-state index is 0.00484. The van der Waals surface area contributed by atoms with Crippen molar-refractivity contribution in [2.24, 2.45) is 0 Å². The van der Waals surface area contributed by atoms with Crippen LogP contribution in [-0.2, 0) is 16.1 Å². The Balaban J connectivity index is 1.33. The summed E-state index contributed by atoms with van der Waals surface area (Å²) in [7, 11) is 0. The number of imidazole rings is 1. The van der Waals surface area contributed by atoms with Gasteiger partial charge in [0.2, 0.25) is 5.91 Å². The van der Waals surface area contributed by atoms with Crippen LogP contribution in [0.5, 0.6) is 0 Å². The van der Waals surface area contributed by atoms with E-state index in [0.717, 1.165) is 25.2 Å². The molecule has 2 N–H and O–H groups in total. The summed E-state index contributed by atoms with van der Waals surface area (Å²) in [5.41, 5.74) is 1.23. The molecule has 0 unspecified atom stereocenters. The van der Waals surface area contributed by atoms with E-state index in [-0.39, 0.29) is 12.3 Å². The maximum atomic E-state index is 12.5. The van der Waals surface area contributed by atoms with Gasteiger partial charge >= 0.3 is 6.03 Å². The monoisotopic (exact) mass is 381 g/mol. The molecule has 4 rings (SSSR count). The van der Waals surface area contributed by atoms with Gasteiger partial charge in [-0.15, -0.1) is 0 Å². The second-order valence-electron chi connectivity index (χ2n) is 7.27. The van der Waals surface area contributed by atoms with E-state index in [0.29, 0.717) is 19.0 Å². The van der Waals surface area contributed by atoms with E-state index >= 15 is 0 Å². The molecule has 0 bridgehead atoms. The van der Waals surface area contributed by atoms with Gasteiger partial charge in [-0.1, -0.05) is 30.3 Å². The van der Waals surface area contributed by atoms with Crippen molar-refractivity contribution in [3.63, 3.8) is 0 Å². The first-order valence-electron chi connectivity index (χ1n) is 9.54. The Kier molecular flexibility index (Phi) is 5.10. The molecule has 2 aromatic rings. The van der Waals surface area contributed by atoms with Crippen molar-refractivity contribution >= 4 is 17.8 Å². The van der Waals surface area contributed by atoms with Crippen LogP contribution >= 0.6 is 0 Å². The fourth-order valence-corrected chi connectivity index (χ4v) is 3.89. The van der Waals surface area contributed by atoms with Crippen LogP contribution in [0.2, 0.25) is 0 Å². The second kappa shape index (κ2) is 7.84. The third kappa shape index (κ3) is 3.90. The van der Waals surface area contributed by atoms with Crippen LogP contribution in [0.1, 0.15) is 36.6 Å². The number of nitrogens with one attached hydrogen (secondary N) is 2. The molecule has 146 valence electrons. The molecule has 0 saturated carbocycles. The molecule has 2 aliphatic rings. The summed E-state index contributed by atoms with van der Waals surface area (Å²) in [6.07, 6.45) is 5.50. The van der Waals surface area contributed by atoms with Crippen LogP contribution in [0.4, 0.5) is 4.79 Å². The molecule has 8 nitrogen and oxygen atoms in total. The molecular formula is C20H23N5O3. The summed E-state index contributed by atoms with van der Waals surface area (Å²) >= 11 is 0. The second-order valence-corrected chi connectivity index (χ2v) is 7.27. The largest absolute Gasteiger partial charge is 0.343 e. The zero-order valence-corrected chi connectivity index (χ0v) is 15.5. The molecule has 1 aromatic carbocycles. The number of imide groups is 1. The molecule has 2 saturated heterocycles. The van der Waals surface area contributed by atoms with Crippen molar-refractivity contribution in [1.29, 1.82) is 0 Å². The number of likely N-dealkylation sites (tertiary alicyclic amines) is 1. The van der Waals surface area contributed by atoms with Gasteiger partial charge in [0.05, 0.1) is 6.42 Å². The number of rotatable bonds is 5. The molecule has 2 fully saturated rings. The first-order valence-corrected chi connectivity index (χ1v) is 9.54. The predicted molar refractivity (Wildman–Crippen MR) is 101 cm³/mol. The number of carbonyl (C=O) groups is 3. The summed E-state index contributed by atoms with van der Waals surface area (Å²) in [6.45, 7) is 2.04. The fourth-order valence-electron chi connectivity index (χ4n) is 3.89. The lowest BCUT2D eigenvalue weighted by molar-refractivity contribution is -0.134. The topological polar surface area (TPSA) is 96.3 Å². The number of piperidine rings is 1. The van der Waals surface area contributed by atoms with Crippen LogP contribution in [-0.4, -0.2) is 51.4 Å². The molecule has 1 atom stereocenters. The lowest BCUT2D eigenvalue weighted by Crippen LogP contribution is -2.42. The van der Waals surface area contributed by atoms with Crippen molar-refractivity contribution < 1.29 is 14.4 Å². The van der Waals surface area contributed by atoms with Gasteiger partial charge < -0.3 is 14.8 Å². The smallest absolute Gasteiger partial charge is 0.322 e. The van der Waals surface area contributed by atoms with E-state index in [1.54, 1.807) is 4.90 Å². The highest BCUT2D eigenvalue weighted by atomic mass is 16.2. The van der Waals surface area contributed by atoms with Gasteiger partial charge in [0, 0.05) is 37.9 Å². The first-order chi connectivity index (χ1) is 13.6. The van der Waals surface area contributed by atoms with Crippen molar-refractivity contribution in [1.82, 2.24) is 25.1 Å². The molecule has 1 aromatic heterocycles. The van der Waals surface area contributed by atoms with Gasteiger partial charge in [0.25, 0.3) is 5.91 Å². The molecule has 3 heterocycles. The Morgan fingerprint density at radius 1 is 1.14 bits per heavy atom. The third-order valence-corrected chi connectivity index (χ3v) is 5.39. The van der Waals surface area contributed by atoms with Crippen molar-refractivity contribution in [3.8, 4) is 0 Å². The first kappa shape index (κ1) is 18.2. The van der Waals surface area contributed by atoms with Crippen molar-refractivity contribution in [2.45, 2.75) is 37.8 Å². The van der Waals surface area contributed by atoms with Gasteiger partial charge in [0.1, 0.15) is 11.9 Å². The Bertz CT molecular complexity index is 871. The molecule has 0 spiro atoms. The minimum Gasteiger partial charge on any atom is -0.343 e.